The molecule has 3 fully saturated rings. The van der Waals surface area contributed by atoms with Crippen LogP contribution in [0.15, 0.2) is 36.4 Å². The second-order valence-corrected chi connectivity index (χ2v) is 8.64. The van der Waals surface area contributed by atoms with Crippen LogP contribution in [0.4, 0.5) is 5.69 Å². The Hall–Kier alpha value is -2.36. The molecule has 9 heteroatoms. The SMILES string of the molecule is [2H]c1c(Cl)c(-c2ccc(N3CCOCC3)cc2)nc2cc(O[C@@H]3CO[C@H]4[C@@H]3OC[C@H]4O)[nH]c12. The number of pyridine rings is 1. The van der Waals surface area contributed by atoms with Gasteiger partial charge in [-0.1, -0.05) is 23.7 Å². The van der Waals surface area contributed by atoms with Crippen molar-refractivity contribution in [3.8, 4) is 17.1 Å². The summed E-state index contributed by atoms with van der Waals surface area (Å²) in [5.41, 5.74) is 3.62. The zero-order valence-corrected chi connectivity index (χ0v) is 18.0. The molecule has 0 spiro atoms. The maximum absolute atomic E-state index is 9.92. The molecule has 4 atom stereocenters. The van der Waals surface area contributed by atoms with Crippen LogP contribution in [0.1, 0.15) is 1.37 Å². The van der Waals surface area contributed by atoms with Crippen molar-refractivity contribution in [1.82, 2.24) is 9.97 Å². The monoisotopic (exact) mass is 458 g/mol. The molecular formula is C23H24ClN3O5. The number of hydrogen-bond acceptors (Lipinski definition) is 7. The lowest BCUT2D eigenvalue weighted by molar-refractivity contribution is 0.00794. The second-order valence-electron chi connectivity index (χ2n) is 8.26. The van der Waals surface area contributed by atoms with Gasteiger partial charge in [-0.3, -0.25) is 0 Å². The number of aliphatic hydroxyl groups is 1. The first kappa shape index (κ1) is 19.1. The highest BCUT2D eigenvalue weighted by Crippen LogP contribution is 2.34. The first-order valence-corrected chi connectivity index (χ1v) is 11.2. The largest absolute Gasteiger partial charge is 0.470 e. The van der Waals surface area contributed by atoms with Crippen molar-refractivity contribution in [3.63, 3.8) is 0 Å². The minimum absolute atomic E-state index is 0.164. The minimum Gasteiger partial charge on any atom is -0.470 e. The third-order valence-electron chi connectivity index (χ3n) is 6.22. The number of H-pyrrole nitrogens is 1. The number of nitrogens with one attached hydrogen (secondary N) is 1. The van der Waals surface area contributed by atoms with Gasteiger partial charge in [0.1, 0.15) is 18.3 Å². The van der Waals surface area contributed by atoms with Crippen molar-refractivity contribution in [2.45, 2.75) is 24.4 Å². The standard InChI is InChI=1S/C23H24ClN3O5/c24-15-9-16-17(10-20(25-16)32-19-12-31-22-18(28)11-30-23(19)22)26-21(15)13-1-3-14(4-2-13)27-5-7-29-8-6-27/h1-4,9-10,18-19,22-23,25,28H,5-8,11-12H2/t18-,19-,22-,23-/m1/s1/i9D. The van der Waals surface area contributed by atoms with E-state index in [-0.39, 0.29) is 36.0 Å². The number of aliphatic hydroxyl groups excluding tert-OH is 1. The highest BCUT2D eigenvalue weighted by molar-refractivity contribution is 6.33. The number of fused-ring (bicyclic) bond motifs is 2. The number of nitrogens with zero attached hydrogens (tertiary/aromatic N) is 2. The summed E-state index contributed by atoms with van der Waals surface area (Å²) in [6, 6.07) is 9.97. The number of aromatic nitrogens is 2. The second kappa shape index (κ2) is 8.20. The Balaban J connectivity index is 1.27. The van der Waals surface area contributed by atoms with E-state index >= 15 is 0 Å². The predicted molar refractivity (Wildman–Crippen MR) is 119 cm³/mol. The molecule has 32 heavy (non-hydrogen) atoms. The fourth-order valence-corrected chi connectivity index (χ4v) is 4.80. The minimum atomic E-state index is -0.635. The van der Waals surface area contributed by atoms with Gasteiger partial charge in [-0.25, -0.2) is 4.98 Å². The van der Waals surface area contributed by atoms with E-state index in [0.717, 1.165) is 37.6 Å². The van der Waals surface area contributed by atoms with E-state index in [1.165, 1.54) is 0 Å². The van der Waals surface area contributed by atoms with Gasteiger partial charge in [0.2, 0.25) is 0 Å². The number of ether oxygens (including phenoxy) is 4. The van der Waals surface area contributed by atoms with Crippen molar-refractivity contribution >= 4 is 28.3 Å². The van der Waals surface area contributed by atoms with Crippen LogP contribution in [0.5, 0.6) is 5.88 Å². The van der Waals surface area contributed by atoms with Gasteiger partial charge in [0, 0.05) is 30.4 Å². The van der Waals surface area contributed by atoms with Crippen LogP contribution >= 0.6 is 11.6 Å². The lowest BCUT2D eigenvalue weighted by Crippen LogP contribution is -2.36. The quantitative estimate of drug-likeness (QED) is 0.621. The number of morpholine rings is 1. The summed E-state index contributed by atoms with van der Waals surface area (Å²) in [5.74, 6) is 0.459. The molecule has 2 N–H and O–H groups in total. The Morgan fingerprint density at radius 1 is 1.16 bits per heavy atom. The van der Waals surface area contributed by atoms with Gasteiger partial charge in [-0.05, 0) is 18.2 Å². The van der Waals surface area contributed by atoms with E-state index in [4.69, 9.17) is 36.9 Å². The third kappa shape index (κ3) is 3.62. The van der Waals surface area contributed by atoms with Crippen molar-refractivity contribution in [3.05, 3.63) is 41.4 Å². The number of hydrogen-bond donors (Lipinski definition) is 2. The summed E-state index contributed by atoms with van der Waals surface area (Å²) in [6.07, 6.45) is -1.68. The van der Waals surface area contributed by atoms with Crippen molar-refractivity contribution in [1.29, 1.82) is 0 Å². The molecular weight excluding hydrogens is 434 g/mol. The van der Waals surface area contributed by atoms with Gasteiger partial charge in [0.05, 0.1) is 49.5 Å². The molecule has 0 radical (unpaired) electrons. The molecule has 0 amide bonds. The topological polar surface area (TPSA) is 89.1 Å². The summed E-state index contributed by atoms with van der Waals surface area (Å²) in [7, 11) is 0. The molecule has 6 rings (SSSR count). The third-order valence-corrected chi connectivity index (χ3v) is 6.50. The molecule has 1 aromatic carbocycles. The van der Waals surface area contributed by atoms with Crippen LogP contribution in [0, 0.1) is 0 Å². The van der Waals surface area contributed by atoms with Gasteiger partial charge in [-0.15, -0.1) is 0 Å². The fraction of sp³-hybridized carbons (Fsp3) is 0.435. The Bertz CT molecular complexity index is 1170. The maximum atomic E-state index is 9.92. The zero-order chi connectivity index (χ0) is 22.5. The van der Waals surface area contributed by atoms with Gasteiger partial charge in [0.25, 0.3) is 0 Å². The fourth-order valence-electron chi connectivity index (χ4n) is 4.56. The average Bonchev–Trinajstić information content (AvgIpc) is 3.54. The van der Waals surface area contributed by atoms with E-state index < -0.39 is 6.10 Å². The molecule has 5 heterocycles. The molecule has 3 saturated heterocycles. The Morgan fingerprint density at radius 2 is 1.94 bits per heavy atom. The average molecular weight is 459 g/mol. The Morgan fingerprint density at radius 3 is 2.75 bits per heavy atom. The smallest absolute Gasteiger partial charge is 0.193 e. The number of halogens is 1. The summed E-state index contributed by atoms with van der Waals surface area (Å²) < 4.78 is 31.3. The lowest BCUT2D eigenvalue weighted by atomic mass is 10.1. The summed E-state index contributed by atoms with van der Waals surface area (Å²) >= 11 is 6.56. The molecule has 0 unspecified atom stereocenters. The van der Waals surface area contributed by atoms with Crippen molar-refractivity contribution in [2.24, 2.45) is 0 Å². The van der Waals surface area contributed by atoms with Crippen LogP contribution in [0.25, 0.3) is 22.3 Å². The number of anilines is 1. The molecule has 2 aromatic heterocycles. The van der Waals surface area contributed by atoms with E-state index in [1.807, 2.05) is 24.3 Å². The first-order valence-electron chi connectivity index (χ1n) is 11.3. The molecule has 3 aliphatic rings. The van der Waals surface area contributed by atoms with Crippen LogP contribution in [0.2, 0.25) is 5.02 Å². The van der Waals surface area contributed by atoms with Crippen molar-refractivity contribution < 1.29 is 25.4 Å². The van der Waals surface area contributed by atoms with Crippen LogP contribution in [-0.2, 0) is 14.2 Å². The zero-order valence-electron chi connectivity index (χ0n) is 18.3. The summed E-state index contributed by atoms with van der Waals surface area (Å²) in [6.45, 7) is 3.75. The molecule has 3 aromatic rings. The maximum Gasteiger partial charge on any atom is 0.193 e. The van der Waals surface area contributed by atoms with Crippen LogP contribution < -0.4 is 9.64 Å². The van der Waals surface area contributed by atoms with Crippen LogP contribution in [0.3, 0.4) is 0 Å². The van der Waals surface area contributed by atoms with E-state index in [2.05, 4.69) is 9.88 Å². The van der Waals surface area contributed by atoms with Gasteiger partial charge >= 0.3 is 0 Å². The van der Waals surface area contributed by atoms with Crippen molar-refractivity contribution in [2.75, 3.05) is 44.4 Å². The first-order chi connectivity index (χ1) is 16.1. The molecule has 168 valence electrons. The molecule has 0 saturated carbocycles. The lowest BCUT2D eigenvalue weighted by Gasteiger charge is -2.28. The summed E-state index contributed by atoms with van der Waals surface area (Å²) in [4.78, 5) is 10.1. The van der Waals surface area contributed by atoms with Gasteiger partial charge in [0.15, 0.2) is 12.0 Å². The predicted octanol–water partition coefficient (Wildman–Crippen LogP) is 2.63. The van der Waals surface area contributed by atoms with E-state index in [9.17, 15) is 5.11 Å². The highest BCUT2D eigenvalue weighted by atomic mass is 35.5. The molecule has 0 aliphatic carbocycles. The molecule has 3 aliphatic heterocycles. The normalized spacial score (nSPS) is 28.2. The Labute approximate surface area is 191 Å². The molecule has 8 nitrogen and oxygen atoms in total. The number of benzene rings is 1. The molecule has 0 bridgehead atoms. The summed E-state index contributed by atoms with van der Waals surface area (Å²) in [5, 5.41) is 10.2. The van der Waals surface area contributed by atoms with Gasteiger partial charge < -0.3 is 33.9 Å². The van der Waals surface area contributed by atoms with E-state index in [1.54, 1.807) is 6.07 Å². The highest BCUT2D eigenvalue weighted by Gasteiger charge is 2.48. The Kier molecular flexibility index (Phi) is 4.91. The van der Waals surface area contributed by atoms with Gasteiger partial charge in [-0.2, -0.15) is 0 Å². The number of rotatable bonds is 4. The number of aromatic amines is 1. The van der Waals surface area contributed by atoms with Crippen LogP contribution in [-0.4, -0.2) is 79.0 Å². The van der Waals surface area contributed by atoms with E-state index in [0.29, 0.717) is 29.2 Å².